The fourth-order valence-electron chi connectivity index (χ4n) is 5.26. The van der Waals surface area contributed by atoms with Crippen molar-refractivity contribution in [1.82, 2.24) is 20.4 Å². The quantitative estimate of drug-likeness (QED) is 0.296. The first-order valence-electron chi connectivity index (χ1n) is 11.9. The number of rotatable bonds is 7. The largest absolute Gasteiger partial charge is 0.357 e. The molecule has 3 fully saturated rings. The number of hydrogen-bond donors (Lipinski definition) is 2. The van der Waals surface area contributed by atoms with Gasteiger partial charge < -0.3 is 15.5 Å². The zero-order valence-electron chi connectivity index (χ0n) is 19.0. The fraction of sp³-hybridized carbons (Fsp3) is 0.708. The van der Waals surface area contributed by atoms with Crippen molar-refractivity contribution in [3.05, 3.63) is 34.9 Å². The van der Waals surface area contributed by atoms with Crippen LogP contribution in [-0.4, -0.2) is 68.1 Å². The number of likely N-dealkylation sites (tertiary alicyclic amines) is 2. The zero-order chi connectivity index (χ0) is 20.9. The smallest absolute Gasteiger partial charge is 0.191 e. The normalized spacial score (nSPS) is 27.7. The molecule has 0 aromatic heterocycles. The maximum absolute atomic E-state index is 6.30. The highest BCUT2D eigenvalue weighted by Crippen LogP contribution is 2.35. The third kappa shape index (κ3) is 6.95. The molecule has 0 amide bonds. The summed E-state index contributed by atoms with van der Waals surface area (Å²) in [5.74, 6) is 2.23. The molecule has 0 spiro atoms. The number of nitrogens with one attached hydrogen (secondary N) is 2. The van der Waals surface area contributed by atoms with Crippen LogP contribution in [0.2, 0.25) is 5.02 Å². The van der Waals surface area contributed by atoms with Crippen molar-refractivity contribution >= 4 is 41.5 Å². The second-order valence-electron chi connectivity index (χ2n) is 9.36. The summed E-state index contributed by atoms with van der Waals surface area (Å²) >= 11 is 6.30. The molecule has 2 saturated heterocycles. The maximum atomic E-state index is 6.30. The molecule has 0 bridgehead atoms. The molecule has 7 heteroatoms. The first-order chi connectivity index (χ1) is 14.6. The van der Waals surface area contributed by atoms with E-state index < -0.39 is 0 Å². The summed E-state index contributed by atoms with van der Waals surface area (Å²) in [6.07, 6.45) is 6.58. The van der Waals surface area contributed by atoms with Gasteiger partial charge in [0.1, 0.15) is 0 Å². The Kier molecular flexibility index (Phi) is 9.74. The van der Waals surface area contributed by atoms with E-state index in [4.69, 9.17) is 16.6 Å². The lowest BCUT2D eigenvalue weighted by Gasteiger charge is -2.40. The van der Waals surface area contributed by atoms with Crippen molar-refractivity contribution in [3.8, 4) is 0 Å². The summed E-state index contributed by atoms with van der Waals surface area (Å²) in [5, 5.41) is 7.94. The lowest BCUT2D eigenvalue weighted by Crippen LogP contribution is -2.45. The van der Waals surface area contributed by atoms with Crippen LogP contribution in [0.1, 0.15) is 50.6 Å². The highest BCUT2D eigenvalue weighted by molar-refractivity contribution is 14.0. The second-order valence-corrected chi connectivity index (χ2v) is 9.80. The van der Waals surface area contributed by atoms with E-state index in [9.17, 15) is 0 Å². The number of hydrogen-bond acceptors (Lipinski definition) is 3. The van der Waals surface area contributed by atoms with Crippen LogP contribution in [-0.2, 0) is 0 Å². The average molecular weight is 560 g/mol. The van der Waals surface area contributed by atoms with E-state index >= 15 is 0 Å². The molecule has 2 aliphatic heterocycles. The Balaban J connectivity index is 0.00000272. The van der Waals surface area contributed by atoms with Crippen LogP contribution in [0.3, 0.4) is 0 Å². The fourth-order valence-corrected chi connectivity index (χ4v) is 5.46. The Bertz CT molecular complexity index is 726. The molecule has 3 aliphatic rings. The van der Waals surface area contributed by atoms with Gasteiger partial charge in [-0.25, -0.2) is 0 Å². The third-order valence-corrected chi connectivity index (χ3v) is 7.20. The zero-order valence-corrected chi connectivity index (χ0v) is 22.1. The van der Waals surface area contributed by atoms with Gasteiger partial charge in [0.15, 0.2) is 5.96 Å². The van der Waals surface area contributed by atoms with E-state index in [2.05, 4.69) is 52.6 Å². The van der Waals surface area contributed by atoms with Gasteiger partial charge in [-0.15, -0.1) is 24.0 Å². The van der Waals surface area contributed by atoms with Crippen molar-refractivity contribution in [2.75, 3.05) is 46.3 Å². The number of benzene rings is 1. The van der Waals surface area contributed by atoms with E-state index in [0.717, 1.165) is 43.2 Å². The predicted molar refractivity (Wildman–Crippen MR) is 142 cm³/mol. The molecule has 1 aromatic rings. The maximum Gasteiger partial charge on any atom is 0.191 e. The highest BCUT2D eigenvalue weighted by atomic mass is 127. The van der Waals surface area contributed by atoms with Crippen LogP contribution in [0, 0.1) is 11.8 Å². The number of halogens is 2. The van der Waals surface area contributed by atoms with Crippen LogP contribution >= 0.6 is 35.6 Å². The number of nitrogens with zero attached hydrogens (tertiary/aromatic N) is 3. The van der Waals surface area contributed by atoms with Crippen LogP contribution < -0.4 is 10.6 Å². The molecule has 1 aromatic carbocycles. The Hall–Kier alpha value is -0.570. The van der Waals surface area contributed by atoms with Crippen molar-refractivity contribution in [1.29, 1.82) is 0 Å². The Morgan fingerprint density at radius 3 is 2.74 bits per heavy atom. The molecular weight excluding hydrogens is 521 g/mol. The molecular formula is C24H39ClIN5. The molecule has 31 heavy (non-hydrogen) atoms. The molecule has 5 nitrogen and oxygen atoms in total. The minimum absolute atomic E-state index is 0. The molecule has 174 valence electrons. The summed E-state index contributed by atoms with van der Waals surface area (Å²) in [6, 6.07) is 9.67. The third-order valence-electron chi connectivity index (χ3n) is 6.96. The van der Waals surface area contributed by atoms with E-state index in [0.29, 0.717) is 17.9 Å². The minimum Gasteiger partial charge on any atom is -0.357 e. The summed E-state index contributed by atoms with van der Waals surface area (Å²) in [7, 11) is 2.24. The van der Waals surface area contributed by atoms with Crippen molar-refractivity contribution in [2.24, 2.45) is 16.8 Å². The van der Waals surface area contributed by atoms with Crippen LogP contribution in [0.4, 0.5) is 0 Å². The molecule has 1 saturated carbocycles. The van der Waals surface area contributed by atoms with E-state index in [-0.39, 0.29) is 24.0 Å². The van der Waals surface area contributed by atoms with Gasteiger partial charge >= 0.3 is 0 Å². The predicted octanol–water partition coefficient (Wildman–Crippen LogP) is 4.38. The summed E-state index contributed by atoms with van der Waals surface area (Å²) in [6.45, 7) is 8.55. The van der Waals surface area contributed by atoms with Gasteiger partial charge in [-0.2, -0.15) is 0 Å². The Morgan fingerprint density at radius 1 is 1.16 bits per heavy atom. The van der Waals surface area contributed by atoms with Gasteiger partial charge in [0.25, 0.3) is 0 Å². The first kappa shape index (κ1) is 25.1. The van der Waals surface area contributed by atoms with E-state index in [1.807, 2.05) is 6.07 Å². The Labute approximate surface area is 210 Å². The van der Waals surface area contributed by atoms with Crippen molar-refractivity contribution < 1.29 is 0 Å². The summed E-state index contributed by atoms with van der Waals surface area (Å²) in [4.78, 5) is 10.1. The summed E-state index contributed by atoms with van der Waals surface area (Å²) in [5.41, 5.74) is 1.32. The molecule has 3 unspecified atom stereocenters. The van der Waals surface area contributed by atoms with E-state index in [1.165, 1.54) is 50.8 Å². The van der Waals surface area contributed by atoms with Gasteiger partial charge in [-0.05, 0) is 88.7 Å². The molecule has 2 heterocycles. The number of aliphatic imine (C=N–C) groups is 1. The van der Waals surface area contributed by atoms with Crippen LogP contribution in [0.15, 0.2) is 29.3 Å². The van der Waals surface area contributed by atoms with Gasteiger partial charge in [0.2, 0.25) is 0 Å². The van der Waals surface area contributed by atoms with Gasteiger partial charge in [-0.1, -0.05) is 23.7 Å². The van der Waals surface area contributed by atoms with Gasteiger partial charge in [0.05, 0.1) is 0 Å². The second kappa shape index (κ2) is 12.1. The monoisotopic (exact) mass is 559 g/mol. The molecule has 0 radical (unpaired) electrons. The summed E-state index contributed by atoms with van der Waals surface area (Å²) < 4.78 is 0. The number of piperidine rings is 1. The molecule has 4 rings (SSSR count). The van der Waals surface area contributed by atoms with Gasteiger partial charge in [0, 0.05) is 43.3 Å². The van der Waals surface area contributed by atoms with E-state index in [1.54, 1.807) is 0 Å². The molecule has 3 atom stereocenters. The van der Waals surface area contributed by atoms with Crippen LogP contribution in [0.25, 0.3) is 0 Å². The highest BCUT2D eigenvalue weighted by Gasteiger charge is 2.34. The van der Waals surface area contributed by atoms with Crippen molar-refractivity contribution in [2.45, 2.75) is 51.1 Å². The van der Waals surface area contributed by atoms with Crippen LogP contribution in [0.5, 0.6) is 0 Å². The standard InChI is InChI=1S/C24H38ClN5.HI/c1-3-26-24(27-15-18-11-13-30(17-18)22-9-10-22)28-16-20-7-5-12-29(2)23(20)19-6-4-8-21(25)14-19;/h4,6,8,14,18,20,22-23H,3,5,7,9-13,15-17H2,1-2H3,(H2,26,27,28);1H. The first-order valence-corrected chi connectivity index (χ1v) is 12.2. The Morgan fingerprint density at radius 2 is 2.00 bits per heavy atom. The lowest BCUT2D eigenvalue weighted by atomic mass is 9.85. The topological polar surface area (TPSA) is 42.9 Å². The number of guanidine groups is 1. The minimum atomic E-state index is 0. The van der Waals surface area contributed by atoms with Crippen molar-refractivity contribution in [3.63, 3.8) is 0 Å². The molecule has 2 N–H and O–H groups in total. The SMILES string of the molecule is CCNC(=NCC1CCN(C2CC2)C1)NCC1CCCN(C)C1c1cccc(Cl)c1.I. The lowest BCUT2D eigenvalue weighted by molar-refractivity contribution is 0.122. The molecule has 1 aliphatic carbocycles. The average Bonchev–Trinajstić information content (AvgIpc) is 3.48. The van der Waals surface area contributed by atoms with Gasteiger partial charge in [-0.3, -0.25) is 9.89 Å².